The number of aryl methyl sites for hydroxylation is 2. The van der Waals surface area contributed by atoms with E-state index in [-0.39, 0.29) is 34.8 Å². The molecule has 0 aromatic heterocycles. The van der Waals surface area contributed by atoms with Crippen LogP contribution in [0.5, 0.6) is 57.5 Å². The van der Waals surface area contributed by atoms with Gasteiger partial charge in [0.15, 0.2) is 40.3 Å². The number of carbonyl (C=O) groups excluding carboxylic acids is 3. The number of ketones is 3. The van der Waals surface area contributed by atoms with Crippen LogP contribution in [0.2, 0.25) is 0 Å². The van der Waals surface area contributed by atoms with Gasteiger partial charge in [0.25, 0.3) is 0 Å². The molecular weight excluding hydrogens is 941 g/mol. The molecule has 0 bridgehead atoms. The lowest BCUT2D eigenvalue weighted by Crippen LogP contribution is -2.02. The standard InChI is InChI=1S/C29H32O5.C21H24O6.C11H14O2/c1-19(2)24-15-22(26(14-20(24)3)34-18-21-10-8-7-9-11-21)12-13-25(30)23-16-27(31-4)29(33-6)28(17-23)32-5;1-12(2)15-8-13(17(23)11-18(15)24)6-7-16(22)14-9-19(25-3)21(27-5)20(10-14)26-4;1-7-5-10(9(3)12)6-11(13-4)8(7)2/h7-17,19H,18H2,1-6H3;6-12,23-24H,1-5H3;5-6H,1-4H3/b13-12+;7-6+;. The Morgan fingerprint density at radius 2 is 0.932 bits per heavy atom. The van der Waals surface area contributed by atoms with Crippen molar-refractivity contribution in [1.29, 1.82) is 0 Å². The van der Waals surface area contributed by atoms with Crippen LogP contribution >= 0.6 is 0 Å². The van der Waals surface area contributed by atoms with Crippen LogP contribution in [0, 0.1) is 20.8 Å². The normalized spacial score (nSPS) is 10.8. The number of allylic oxidation sites excluding steroid dienone is 2. The van der Waals surface area contributed by atoms with E-state index in [9.17, 15) is 24.6 Å². The van der Waals surface area contributed by atoms with Crippen molar-refractivity contribution in [1.82, 2.24) is 0 Å². The molecule has 0 atom stereocenters. The van der Waals surface area contributed by atoms with Gasteiger partial charge in [-0.05, 0) is 152 Å². The van der Waals surface area contributed by atoms with Gasteiger partial charge in [0, 0.05) is 33.9 Å². The van der Waals surface area contributed by atoms with Crippen LogP contribution in [-0.4, -0.2) is 77.3 Å². The van der Waals surface area contributed by atoms with Crippen molar-refractivity contribution in [2.45, 2.75) is 73.8 Å². The first-order valence-electron chi connectivity index (χ1n) is 23.8. The van der Waals surface area contributed by atoms with Crippen molar-refractivity contribution in [3.05, 3.63) is 164 Å². The highest BCUT2D eigenvalue weighted by atomic mass is 16.5. The summed E-state index contributed by atoms with van der Waals surface area (Å²) >= 11 is 0. The average molecular weight is 1010 g/mol. The zero-order valence-electron chi connectivity index (χ0n) is 45.2. The minimum absolute atomic E-state index is 0.0237. The fraction of sp³-hybridized carbons (Fsp3) is 0.295. The Labute approximate surface area is 435 Å². The first kappa shape index (κ1) is 58.4. The number of rotatable bonds is 19. The summed E-state index contributed by atoms with van der Waals surface area (Å²) < 4.78 is 43.2. The fourth-order valence-electron chi connectivity index (χ4n) is 7.75. The molecule has 0 radical (unpaired) electrons. The van der Waals surface area contributed by atoms with Crippen LogP contribution in [0.3, 0.4) is 0 Å². The van der Waals surface area contributed by atoms with Gasteiger partial charge in [-0.2, -0.15) is 0 Å². The molecule has 74 heavy (non-hydrogen) atoms. The van der Waals surface area contributed by atoms with E-state index in [0.717, 1.165) is 39.3 Å². The lowest BCUT2D eigenvalue weighted by molar-refractivity contribution is 0.101. The lowest BCUT2D eigenvalue weighted by atomic mass is 9.94. The molecule has 13 nitrogen and oxygen atoms in total. The first-order valence-corrected chi connectivity index (χ1v) is 23.8. The number of hydrogen-bond acceptors (Lipinski definition) is 13. The second-order valence-corrected chi connectivity index (χ2v) is 17.7. The van der Waals surface area contributed by atoms with Gasteiger partial charge >= 0.3 is 0 Å². The second-order valence-electron chi connectivity index (χ2n) is 17.7. The van der Waals surface area contributed by atoms with Crippen LogP contribution in [0.4, 0.5) is 0 Å². The summed E-state index contributed by atoms with van der Waals surface area (Å²) in [6.07, 6.45) is 6.20. The maximum absolute atomic E-state index is 13.1. The number of phenolic OH excluding ortho intramolecular Hbond substituents is 2. The molecule has 0 amide bonds. The minimum atomic E-state index is -0.298. The third kappa shape index (κ3) is 15.2. The van der Waals surface area contributed by atoms with Gasteiger partial charge in [-0.25, -0.2) is 0 Å². The van der Waals surface area contributed by atoms with Crippen LogP contribution in [0.1, 0.15) is 122 Å². The summed E-state index contributed by atoms with van der Waals surface area (Å²) in [5, 5.41) is 20.0. The smallest absolute Gasteiger partial charge is 0.203 e. The zero-order chi connectivity index (χ0) is 54.8. The first-order chi connectivity index (χ1) is 35.2. The Kier molecular flexibility index (Phi) is 21.8. The maximum Gasteiger partial charge on any atom is 0.203 e. The van der Waals surface area contributed by atoms with Crippen LogP contribution in [-0.2, 0) is 6.61 Å². The van der Waals surface area contributed by atoms with Gasteiger partial charge in [-0.1, -0.05) is 58.0 Å². The summed E-state index contributed by atoms with van der Waals surface area (Å²) in [6.45, 7) is 16.2. The average Bonchev–Trinajstić information content (AvgIpc) is 3.39. The highest BCUT2D eigenvalue weighted by Gasteiger charge is 2.19. The molecule has 2 N–H and O–H groups in total. The minimum Gasteiger partial charge on any atom is -0.508 e. The molecule has 0 saturated carbocycles. The van der Waals surface area contributed by atoms with E-state index < -0.39 is 0 Å². The van der Waals surface area contributed by atoms with E-state index in [1.807, 2.05) is 70.2 Å². The van der Waals surface area contributed by atoms with Crippen molar-refractivity contribution < 1.29 is 62.5 Å². The van der Waals surface area contributed by atoms with Gasteiger partial charge in [0.05, 0.1) is 49.8 Å². The molecule has 0 fully saturated rings. The molecule has 392 valence electrons. The van der Waals surface area contributed by atoms with Gasteiger partial charge in [0.1, 0.15) is 29.6 Å². The SMILES string of the molecule is COc1cc(C(=O)/C=C/c2cc(C(C)C)c(C)cc2OCc2ccccc2)cc(OC)c1OC.COc1cc(C(=O)/C=C/c2cc(C(C)C)c(O)cc2O)cc(OC)c1OC.COc1cc(C(C)=O)cc(C)c1C. The predicted octanol–water partition coefficient (Wildman–Crippen LogP) is 13.3. The monoisotopic (exact) mass is 1010 g/mol. The van der Waals surface area contributed by atoms with E-state index >= 15 is 0 Å². The quantitative estimate of drug-likeness (QED) is 0.0582. The molecule has 6 aromatic carbocycles. The van der Waals surface area contributed by atoms with Crippen LogP contribution in [0.15, 0.2) is 103 Å². The number of hydrogen-bond donors (Lipinski definition) is 2. The Bertz CT molecular complexity index is 2910. The molecule has 0 heterocycles. The number of ether oxygens (including phenoxy) is 8. The molecular formula is C61H70O13. The molecule has 0 spiro atoms. The van der Waals surface area contributed by atoms with Crippen LogP contribution in [0.25, 0.3) is 12.2 Å². The molecule has 0 aliphatic heterocycles. The van der Waals surface area contributed by atoms with Gasteiger partial charge in [-0.15, -0.1) is 0 Å². The van der Waals surface area contributed by atoms with Crippen molar-refractivity contribution in [2.24, 2.45) is 0 Å². The molecule has 0 aliphatic carbocycles. The van der Waals surface area contributed by atoms with Gasteiger partial charge in [-0.3, -0.25) is 14.4 Å². The van der Waals surface area contributed by atoms with E-state index in [1.165, 1.54) is 66.4 Å². The molecule has 0 aliphatic rings. The van der Waals surface area contributed by atoms with Crippen molar-refractivity contribution in [3.63, 3.8) is 0 Å². The third-order valence-electron chi connectivity index (χ3n) is 12.0. The highest BCUT2D eigenvalue weighted by Crippen LogP contribution is 2.40. The Morgan fingerprint density at radius 1 is 0.486 bits per heavy atom. The summed E-state index contributed by atoms with van der Waals surface area (Å²) in [6, 6.07) is 27.2. The van der Waals surface area contributed by atoms with E-state index in [1.54, 1.807) is 62.6 Å². The summed E-state index contributed by atoms with van der Waals surface area (Å²) in [7, 11) is 10.6. The summed E-state index contributed by atoms with van der Waals surface area (Å²) in [5.74, 6) is 3.92. The molecule has 0 unspecified atom stereocenters. The van der Waals surface area contributed by atoms with Gasteiger partial charge < -0.3 is 48.1 Å². The molecule has 6 rings (SSSR count). The third-order valence-corrected chi connectivity index (χ3v) is 12.0. The van der Waals surface area contributed by atoms with Crippen LogP contribution < -0.4 is 37.9 Å². The Hall–Kier alpha value is -8.19. The van der Waals surface area contributed by atoms with Gasteiger partial charge in [0.2, 0.25) is 11.5 Å². The van der Waals surface area contributed by atoms with E-state index in [2.05, 4.69) is 26.8 Å². The number of carbonyl (C=O) groups is 3. The molecule has 13 heteroatoms. The number of methoxy groups -OCH3 is 7. The Morgan fingerprint density at radius 3 is 1.36 bits per heavy atom. The molecule has 6 aromatic rings. The summed E-state index contributed by atoms with van der Waals surface area (Å²) in [5.41, 5.74) is 9.11. The number of phenols is 2. The van der Waals surface area contributed by atoms with Crippen molar-refractivity contribution >= 4 is 29.5 Å². The number of aromatic hydroxyl groups is 2. The zero-order valence-corrected chi connectivity index (χ0v) is 45.2. The molecule has 0 saturated heterocycles. The predicted molar refractivity (Wildman–Crippen MR) is 291 cm³/mol. The summed E-state index contributed by atoms with van der Waals surface area (Å²) in [4.78, 5) is 36.8. The fourth-order valence-corrected chi connectivity index (χ4v) is 7.75. The largest absolute Gasteiger partial charge is 0.508 e. The van der Waals surface area contributed by atoms with E-state index in [0.29, 0.717) is 74.8 Å². The number of benzene rings is 6. The lowest BCUT2D eigenvalue weighted by Gasteiger charge is -2.16. The topological polar surface area (TPSA) is 166 Å². The Balaban J connectivity index is 0.000000263. The maximum atomic E-state index is 13.1. The van der Waals surface area contributed by atoms with Crippen molar-refractivity contribution in [2.75, 3.05) is 49.8 Å². The number of Topliss-reactive ketones (excluding diaryl/α,β-unsaturated/α-hetero) is 1. The van der Waals surface area contributed by atoms with E-state index in [4.69, 9.17) is 37.9 Å². The van der Waals surface area contributed by atoms with Crippen molar-refractivity contribution in [3.8, 4) is 57.5 Å². The highest BCUT2D eigenvalue weighted by molar-refractivity contribution is 6.08. The second kappa shape index (κ2) is 27.6.